The molecule has 1 aromatic carbocycles. The van der Waals surface area contributed by atoms with Gasteiger partial charge in [0, 0.05) is 12.1 Å². The van der Waals surface area contributed by atoms with Gasteiger partial charge < -0.3 is 5.32 Å². The Morgan fingerprint density at radius 1 is 1.35 bits per heavy atom. The number of halogens is 2. The average Bonchev–Trinajstić information content (AvgIpc) is 2.83. The summed E-state index contributed by atoms with van der Waals surface area (Å²) < 4.78 is 26.4. The number of hydrogen-bond donors (Lipinski definition) is 1. The van der Waals surface area contributed by atoms with E-state index in [-0.39, 0.29) is 11.6 Å². The molecule has 4 heteroatoms. The third-order valence-electron chi connectivity index (χ3n) is 4.08. The Hall–Kier alpha value is -1.45. The van der Waals surface area contributed by atoms with Crippen molar-refractivity contribution in [1.29, 1.82) is 0 Å². The first-order valence-corrected chi connectivity index (χ1v) is 7.37. The fourth-order valence-electron chi connectivity index (χ4n) is 2.96. The summed E-state index contributed by atoms with van der Waals surface area (Å²) in [6, 6.07) is 3.19. The van der Waals surface area contributed by atoms with Crippen LogP contribution in [0.3, 0.4) is 0 Å². The van der Waals surface area contributed by atoms with Crippen LogP contribution in [0.25, 0.3) is 0 Å². The number of hydrogen-bond acceptors (Lipinski definition) is 1. The van der Waals surface area contributed by atoms with E-state index in [9.17, 15) is 13.6 Å². The quantitative estimate of drug-likeness (QED) is 0.866. The maximum absolute atomic E-state index is 13.6. The number of nitrogens with one attached hydrogen (secondary N) is 1. The van der Waals surface area contributed by atoms with Gasteiger partial charge in [-0.2, -0.15) is 0 Å². The molecule has 1 N–H and O–H groups in total. The molecule has 0 bridgehead atoms. The van der Waals surface area contributed by atoms with Gasteiger partial charge in [0.05, 0.1) is 5.56 Å². The molecule has 0 radical (unpaired) electrons. The van der Waals surface area contributed by atoms with Gasteiger partial charge in [-0.25, -0.2) is 8.78 Å². The maximum Gasteiger partial charge on any atom is 0.254 e. The predicted octanol–water partition coefficient (Wildman–Crippen LogP) is 4.05. The van der Waals surface area contributed by atoms with E-state index in [0.29, 0.717) is 5.92 Å². The van der Waals surface area contributed by atoms with Gasteiger partial charge >= 0.3 is 0 Å². The molecule has 0 saturated heterocycles. The molecule has 2 unspecified atom stereocenters. The maximum atomic E-state index is 13.6. The van der Waals surface area contributed by atoms with Gasteiger partial charge in [-0.1, -0.05) is 26.2 Å². The van der Waals surface area contributed by atoms with Crippen molar-refractivity contribution in [3.05, 3.63) is 35.4 Å². The Balaban J connectivity index is 1.99. The highest BCUT2D eigenvalue weighted by atomic mass is 19.1. The van der Waals surface area contributed by atoms with Crippen molar-refractivity contribution in [2.75, 3.05) is 0 Å². The van der Waals surface area contributed by atoms with Crippen molar-refractivity contribution < 1.29 is 13.6 Å². The van der Waals surface area contributed by atoms with E-state index in [1.807, 2.05) is 0 Å². The van der Waals surface area contributed by atoms with E-state index in [0.717, 1.165) is 50.7 Å². The number of benzene rings is 1. The minimum Gasteiger partial charge on any atom is -0.349 e. The first-order chi connectivity index (χ1) is 9.61. The number of amides is 1. The summed E-state index contributed by atoms with van der Waals surface area (Å²) in [7, 11) is 0. The van der Waals surface area contributed by atoms with Crippen LogP contribution in [0.4, 0.5) is 8.78 Å². The van der Waals surface area contributed by atoms with Crippen molar-refractivity contribution in [2.45, 2.75) is 51.5 Å². The highest BCUT2D eigenvalue weighted by Crippen LogP contribution is 2.30. The normalized spacial score (nSPS) is 21.9. The average molecular weight is 281 g/mol. The van der Waals surface area contributed by atoms with Gasteiger partial charge in [0.1, 0.15) is 11.6 Å². The Bertz CT molecular complexity index is 476. The molecule has 1 amide bonds. The smallest absolute Gasteiger partial charge is 0.254 e. The fourth-order valence-corrected chi connectivity index (χ4v) is 2.96. The van der Waals surface area contributed by atoms with Gasteiger partial charge in [-0.05, 0) is 37.3 Å². The second kappa shape index (κ2) is 6.82. The van der Waals surface area contributed by atoms with Crippen LogP contribution in [-0.4, -0.2) is 11.9 Å². The lowest BCUT2D eigenvalue weighted by Gasteiger charge is -2.21. The second-order valence-electron chi connectivity index (χ2n) is 5.54. The third-order valence-corrected chi connectivity index (χ3v) is 4.08. The second-order valence-corrected chi connectivity index (χ2v) is 5.54. The lowest BCUT2D eigenvalue weighted by Crippen LogP contribution is -2.37. The molecule has 0 heterocycles. The zero-order valence-electron chi connectivity index (χ0n) is 11.8. The summed E-state index contributed by atoms with van der Waals surface area (Å²) in [5.74, 6) is -1.41. The molecule has 1 fully saturated rings. The Morgan fingerprint density at radius 3 is 2.85 bits per heavy atom. The lowest BCUT2D eigenvalue weighted by atomic mass is 9.96. The summed E-state index contributed by atoms with van der Waals surface area (Å²) in [6.45, 7) is 2.15. The zero-order chi connectivity index (χ0) is 14.5. The summed E-state index contributed by atoms with van der Waals surface area (Å²) >= 11 is 0. The molecule has 1 saturated carbocycles. The highest BCUT2D eigenvalue weighted by molar-refractivity contribution is 5.94. The minimum absolute atomic E-state index is 0.0764. The standard InChI is InChI=1S/C16H21F2NO/c1-2-3-5-11-6-4-7-15(11)19-16(20)13-9-8-12(17)10-14(13)18/h8-11,15H,2-7H2,1H3,(H,19,20). The van der Waals surface area contributed by atoms with Gasteiger partial charge in [0.25, 0.3) is 5.91 Å². The number of carbonyl (C=O) groups excluding carboxylic acids is 1. The van der Waals surface area contributed by atoms with Crippen molar-refractivity contribution >= 4 is 5.91 Å². The van der Waals surface area contributed by atoms with Gasteiger partial charge in [-0.3, -0.25) is 4.79 Å². The largest absolute Gasteiger partial charge is 0.349 e. The molecule has 2 rings (SSSR count). The van der Waals surface area contributed by atoms with E-state index in [1.54, 1.807) is 0 Å². The topological polar surface area (TPSA) is 29.1 Å². The van der Waals surface area contributed by atoms with E-state index in [4.69, 9.17) is 0 Å². The van der Waals surface area contributed by atoms with Crippen molar-refractivity contribution in [3.63, 3.8) is 0 Å². The van der Waals surface area contributed by atoms with Crippen LogP contribution < -0.4 is 5.32 Å². The van der Waals surface area contributed by atoms with Crippen molar-refractivity contribution in [2.24, 2.45) is 5.92 Å². The summed E-state index contributed by atoms with van der Waals surface area (Å²) in [5, 5.41) is 2.91. The fraction of sp³-hybridized carbons (Fsp3) is 0.562. The Kier molecular flexibility index (Phi) is 5.10. The van der Waals surface area contributed by atoms with Crippen LogP contribution in [0.1, 0.15) is 55.8 Å². The first-order valence-electron chi connectivity index (χ1n) is 7.37. The SMILES string of the molecule is CCCCC1CCCC1NC(=O)c1ccc(F)cc1F. The van der Waals surface area contributed by atoms with Gasteiger partial charge in [0.15, 0.2) is 0 Å². The van der Waals surface area contributed by atoms with Crippen LogP contribution in [0.15, 0.2) is 18.2 Å². The third kappa shape index (κ3) is 3.56. The van der Waals surface area contributed by atoms with E-state index >= 15 is 0 Å². The van der Waals surface area contributed by atoms with Crippen molar-refractivity contribution in [3.8, 4) is 0 Å². The summed E-state index contributed by atoms with van der Waals surface area (Å²) in [4.78, 5) is 12.1. The molecular weight excluding hydrogens is 260 g/mol. The monoisotopic (exact) mass is 281 g/mol. The predicted molar refractivity (Wildman–Crippen MR) is 74.5 cm³/mol. The summed E-state index contributed by atoms with van der Waals surface area (Å²) in [5.41, 5.74) is -0.0764. The Labute approximate surface area is 118 Å². The number of rotatable bonds is 5. The molecule has 2 nitrogen and oxygen atoms in total. The van der Waals surface area contributed by atoms with E-state index < -0.39 is 17.5 Å². The molecule has 1 aliphatic carbocycles. The highest BCUT2D eigenvalue weighted by Gasteiger charge is 2.28. The molecule has 0 spiro atoms. The molecule has 1 aliphatic rings. The zero-order valence-corrected chi connectivity index (χ0v) is 11.8. The number of unbranched alkanes of at least 4 members (excludes halogenated alkanes) is 1. The van der Waals surface area contributed by atoms with Crippen LogP contribution in [0, 0.1) is 17.6 Å². The summed E-state index contributed by atoms with van der Waals surface area (Å²) in [6.07, 6.45) is 6.57. The van der Waals surface area contributed by atoms with Crippen LogP contribution in [-0.2, 0) is 0 Å². The van der Waals surface area contributed by atoms with Crippen LogP contribution >= 0.6 is 0 Å². The van der Waals surface area contributed by atoms with Crippen LogP contribution in [0.2, 0.25) is 0 Å². The van der Waals surface area contributed by atoms with Crippen LogP contribution in [0.5, 0.6) is 0 Å². The first kappa shape index (κ1) is 14.9. The number of carbonyl (C=O) groups is 1. The molecule has 0 aromatic heterocycles. The Morgan fingerprint density at radius 2 is 2.15 bits per heavy atom. The van der Waals surface area contributed by atoms with Gasteiger partial charge in [0.2, 0.25) is 0 Å². The molecule has 2 atom stereocenters. The molecule has 0 aliphatic heterocycles. The minimum atomic E-state index is -0.800. The molecule has 20 heavy (non-hydrogen) atoms. The lowest BCUT2D eigenvalue weighted by molar-refractivity contribution is 0.0922. The van der Waals surface area contributed by atoms with Gasteiger partial charge in [-0.15, -0.1) is 0 Å². The molecule has 110 valence electrons. The molecular formula is C16H21F2NO. The molecule has 1 aromatic rings. The van der Waals surface area contributed by atoms with Crippen molar-refractivity contribution in [1.82, 2.24) is 5.32 Å². The van der Waals surface area contributed by atoms with E-state index in [1.165, 1.54) is 6.07 Å². The van der Waals surface area contributed by atoms with E-state index in [2.05, 4.69) is 12.2 Å².